The molecule has 242 valence electrons. The number of hydrogen-bond donors (Lipinski definition) is 6. The molecule has 0 aliphatic carbocycles. The molecule has 4 rings (SSSR count). The highest BCUT2D eigenvalue weighted by atomic mass is 32.2. The predicted octanol–water partition coefficient (Wildman–Crippen LogP) is 0.105. The molecule has 2 aliphatic rings. The van der Waals surface area contributed by atoms with Gasteiger partial charge in [-0.25, -0.2) is 22.8 Å². The number of carbonyl (C=O) groups is 3. The Morgan fingerprint density at radius 1 is 0.886 bits per heavy atom. The van der Waals surface area contributed by atoms with Crippen LogP contribution < -0.4 is 29.1 Å². The molecule has 18 heteroatoms. The number of nitrogens with zero attached hydrogens (tertiary/aromatic N) is 2. The van der Waals surface area contributed by atoms with Crippen molar-refractivity contribution in [1.29, 1.82) is 0 Å². The van der Waals surface area contributed by atoms with Gasteiger partial charge in [0.15, 0.2) is 0 Å². The molecule has 0 unspecified atom stereocenters. The Labute approximate surface area is 255 Å². The fourth-order valence-electron chi connectivity index (χ4n) is 4.12. The van der Waals surface area contributed by atoms with Crippen LogP contribution in [0.5, 0.6) is 11.5 Å². The van der Waals surface area contributed by atoms with Crippen LogP contribution in [-0.4, -0.2) is 76.7 Å². The van der Waals surface area contributed by atoms with Crippen LogP contribution in [0, 0.1) is 0 Å². The second-order valence-corrected chi connectivity index (χ2v) is 14.0. The van der Waals surface area contributed by atoms with E-state index in [4.69, 9.17) is 10.5 Å². The van der Waals surface area contributed by atoms with Crippen LogP contribution in [0.15, 0.2) is 36.4 Å². The number of nitrogens with two attached hydrogens (primary N) is 1. The minimum Gasteiger partial charge on any atom is -0.506 e. The summed E-state index contributed by atoms with van der Waals surface area (Å²) in [7, 11) is -7.86. The van der Waals surface area contributed by atoms with Gasteiger partial charge in [0.1, 0.15) is 30.2 Å². The first-order chi connectivity index (χ1) is 20.4. The monoisotopic (exact) mass is 656 g/mol. The van der Waals surface area contributed by atoms with Crippen molar-refractivity contribution in [2.75, 3.05) is 34.8 Å². The minimum atomic E-state index is -3.97. The summed E-state index contributed by atoms with van der Waals surface area (Å²) < 4.78 is 57.3. The van der Waals surface area contributed by atoms with Gasteiger partial charge in [-0.2, -0.15) is 16.8 Å². The molecule has 3 amide bonds. The molecule has 2 aliphatic heterocycles. The first-order valence-corrected chi connectivity index (χ1v) is 16.3. The van der Waals surface area contributed by atoms with Gasteiger partial charge in [-0.3, -0.25) is 9.59 Å². The number of ether oxygens (including phenoxy) is 1. The first kappa shape index (κ1) is 34.2. The van der Waals surface area contributed by atoms with Gasteiger partial charge < -0.3 is 26.0 Å². The third-order valence-electron chi connectivity index (χ3n) is 6.01. The Bertz CT molecular complexity index is 1620. The molecule has 44 heavy (non-hydrogen) atoms. The zero-order chi connectivity index (χ0) is 32.9. The van der Waals surface area contributed by atoms with E-state index < -0.39 is 43.9 Å². The number of phenols is 2. The number of aromatic hydroxyl groups is 2. The van der Waals surface area contributed by atoms with Crippen LogP contribution in [0.3, 0.4) is 0 Å². The summed E-state index contributed by atoms with van der Waals surface area (Å²) in [5.74, 6) is -1.72. The van der Waals surface area contributed by atoms with E-state index in [1.165, 1.54) is 24.3 Å². The second-order valence-electron chi connectivity index (χ2n) is 10.8. The van der Waals surface area contributed by atoms with E-state index in [9.17, 15) is 41.4 Å². The van der Waals surface area contributed by atoms with E-state index in [-0.39, 0.29) is 42.5 Å². The molecular weight excluding hydrogens is 620 g/mol. The maximum Gasteiger partial charge on any atom is 0.407 e. The third kappa shape index (κ3) is 9.10. The van der Waals surface area contributed by atoms with Crippen molar-refractivity contribution in [2.24, 2.45) is 5.73 Å². The SMILES string of the molecule is CC(C)(C)OC(=O)NCCc1ccc(N2CC(=O)NS2(=O)=O)c(O)c1.NCCCc1ccc(N2CC(=O)NS2(=O)=O)c(O)c1. The normalized spacial score (nSPS) is 16.9. The van der Waals surface area contributed by atoms with Crippen LogP contribution in [0.2, 0.25) is 0 Å². The van der Waals surface area contributed by atoms with E-state index in [1.807, 2.05) is 9.44 Å². The molecule has 7 N–H and O–H groups in total. The van der Waals surface area contributed by atoms with Gasteiger partial charge in [0.05, 0.1) is 11.4 Å². The average molecular weight is 657 g/mol. The number of benzene rings is 2. The smallest absolute Gasteiger partial charge is 0.407 e. The largest absolute Gasteiger partial charge is 0.506 e. The number of phenolic OH excluding ortho intramolecular Hbond substituents is 2. The van der Waals surface area contributed by atoms with Gasteiger partial charge in [-0.05, 0) is 82.0 Å². The zero-order valence-corrected chi connectivity index (χ0v) is 26.0. The van der Waals surface area contributed by atoms with E-state index >= 15 is 0 Å². The lowest BCUT2D eigenvalue weighted by molar-refractivity contribution is -0.118. The molecule has 16 nitrogen and oxygen atoms in total. The summed E-state index contributed by atoms with van der Waals surface area (Å²) in [4.78, 5) is 33.9. The van der Waals surface area contributed by atoms with Crippen LogP contribution in [0.1, 0.15) is 38.3 Å². The fourth-order valence-corrected chi connectivity index (χ4v) is 6.45. The summed E-state index contributed by atoms with van der Waals surface area (Å²) in [5.41, 5.74) is 6.47. The quantitative estimate of drug-likeness (QED) is 0.223. The van der Waals surface area contributed by atoms with Crippen molar-refractivity contribution in [2.45, 2.75) is 45.6 Å². The molecule has 2 heterocycles. The zero-order valence-electron chi connectivity index (χ0n) is 24.4. The summed E-state index contributed by atoms with van der Waals surface area (Å²) in [5, 5.41) is 22.6. The lowest BCUT2D eigenvalue weighted by Gasteiger charge is -2.19. The lowest BCUT2D eigenvalue weighted by atomic mass is 10.1. The molecule has 0 aromatic heterocycles. The molecule has 0 spiro atoms. The third-order valence-corrected chi connectivity index (χ3v) is 8.79. The van der Waals surface area contributed by atoms with Crippen molar-refractivity contribution in [3.63, 3.8) is 0 Å². The standard InChI is InChI=1S/C15H21N3O6S.C11H15N3O4S/c1-15(2,3)24-14(21)16-7-6-10-4-5-11(12(19)8-10)18-9-13(20)17-25(18,22)23;12-5-1-2-8-3-4-9(10(15)6-8)14-7-11(16)13-19(14,17)18/h4-5,8,19H,6-7,9H2,1-3H3,(H,16,21)(H,17,20);3-4,6,15H,1-2,5,7,12H2,(H,13,16). The molecule has 2 saturated heterocycles. The Hall–Kier alpha value is -4.29. The molecule has 2 aromatic carbocycles. The van der Waals surface area contributed by atoms with Gasteiger partial charge in [0.2, 0.25) is 0 Å². The number of aryl methyl sites for hydroxylation is 1. The predicted molar refractivity (Wildman–Crippen MR) is 160 cm³/mol. The number of rotatable bonds is 8. The number of carbonyl (C=O) groups excluding carboxylic acids is 3. The van der Waals surface area contributed by atoms with E-state index in [0.29, 0.717) is 24.9 Å². The first-order valence-electron chi connectivity index (χ1n) is 13.4. The summed E-state index contributed by atoms with van der Waals surface area (Å²) in [6.45, 7) is 5.41. The van der Waals surface area contributed by atoms with Gasteiger partial charge in [0, 0.05) is 6.54 Å². The van der Waals surface area contributed by atoms with E-state index in [2.05, 4.69) is 5.32 Å². The van der Waals surface area contributed by atoms with Gasteiger partial charge >= 0.3 is 26.5 Å². The number of anilines is 2. The average Bonchev–Trinajstić information content (AvgIpc) is 3.32. The molecule has 2 aromatic rings. The highest BCUT2D eigenvalue weighted by Gasteiger charge is 2.36. The van der Waals surface area contributed by atoms with Crippen molar-refractivity contribution in [3.8, 4) is 11.5 Å². The fraction of sp³-hybridized carbons (Fsp3) is 0.423. The highest BCUT2D eigenvalue weighted by Crippen LogP contribution is 2.32. The Kier molecular flexibility index (Phi) is 10.5. The Morgan fingerprint density at radius 2 is 1.34 bits per heavy atom. The van der Waals surface area contributed by atoms with E-state index in [1.54, 1.807) is 32.9 Å². The maximum absolute atomic E-state index is 11.8. The van der Waals surface area contributed by atoms with Crippen LogP contribution in [0.4, 0.5) is 16.2 Å². The summed E-state index contributed by atoms with van der Waals surface area (Å²) in [6.07, 6.45) is 1.35. The van der Waals surface area contributed by atoms with Crippen molar-refractivity contribution >= 4 is 49.7 Å². The van der Waals surface area contributed by atoms with Gasteiger partial charge in [-0.1, -0.05) is 12.1 Å². The topological polar surface area (TPSA) is 238 Å². The number of amides is 3. The van der Waals surface area contributed by atoms with Crippen LogP contribution in [0.25, 0.3) is 0 Å². The summed E-state index contributed by atoms with van der Waals surface area (Å²) >= 11 is 0. The van der Waals surface area contributed by atoms with Crippen molar-refractivity contribution in [3.05, 3.63) is 47.5 Å². The highest BCUT2D eigenvalue weighted by molar-refractivity contribution is 7.92. The van der Waals surface area contributed by atoms with Gasteiger partial charge in [0.25, 0.3) is 11.8 Å². The molecular formula is C26H36N6O10S2. The van der Waals surface area contributed by atoms with E-state index in [0.717, 1.165) is 20.6 Å². The number of nitrogens with one attached hydrogen (secondary N) is 3. The summed E-state index contributed by atoms with van der Waals surface area (Å²) in [6, 6.07) is 9.11. The molecule has 0 bridgehead atoms. The minimum absolute atomic E-state index is 0.0159. The van der Waals surface area contributed by atoms with Crippen LogP contribution >= 0.6 is 0 Å². The maximum atomic E-state index is 11.8. The van der Waals surface area contributed by atoms with Gasteiger partial charge in [-0.15, -0.1) is 0 Å². The Balaban J connectivity index is 0.000000249. The molecule has 0 saturated carbocycles. The lowest BCUT2D eigenvalue weighted by Crippen LogP contribution is -2.33. The van der Waals surface area contributed by atoms with Crippen molar-refractivity contribution < 1.29 is 46.2 Å². The number of hydrogen-bond acceptors (Lipinski definition) is 11. The molecule has 0 atom stereocenters. The number of alkyl carbamates (subject to hydrolysis) is 1. The molecule has 0 radical (unpaired) electrons. The second kappa shape index (κ2) is 13.6. The Morgan fingerprint density at radius 3 is 1.70 bits per heavy atom. The van der Waals surface area contributed by atoms with Crippen LogP contribution in [-0.2, 0) is 47.6 Å². The molecule has 2 fully saturated rings. The van der Waals surface area contributed by atoms with Crippen molar-refractivity contribution in [1.82, 2.24) is 14.8 Å².